The predicted molar refractivity (Wildman–Crippen MR) is 120 cm³/mol. The molecule has 28 heavy (non-hydrogen) atoms. The van der Waals surface area contributed by atoms with Crippen molar-refractivity contribution >= 4 is 22.3 Å². The van der Waals surface area contributed by atoms with E-state index in [0.717, 1.165) is 39.7 Å². The molecule has 3 rings (SSSR count). The molecule has 0 spiro atoms. The summed E-state index contributed by atoms with van der Waals surface area (Å²) in [6, 6.07) is 10.3. The van der Waals surface area contributed by atoms with Crippen LogP contribution in [0.2, 0.25) is 0 Å². The molecule has 0 saturated carbocycles. The lowest BCUT2D eigenvalue weighted by molar-refractivity contribution is 0.503. The third-order valence-corrected chi connectivity index (χ3v) is 4.69. The average molecular weight is 373 g/mol. The van der Waals surface area contributed by atoms with Crippen molar-refractivity contribution in [3.05, 3.63) is 84.1 Å². The van der Waals surface area contributed by atoms with Crippen molar-refractivity contribution in [3.63, 3.8) is 0 Å². The second-order valence-electron chi connectivity index (χ2n) is 7.52. The van der Waals surface area contributed by atoms with Crippen LogP contribution >= 0.6 is 0 Å². The number of aliphatic imine (C=N–C) groups is 1. The van der Waals surface area contributed by atoms with Crippen LogP contribution in [0.25, 0.3) is 16.5 Å². The molecule has 0 fully saturated rings. The van der Waals surface area contributed by atoms with Crippen molar-refractivity contribution in [2.75, 3.05) is 6.54 Å². The highest BCUT2D eigenvalue weighted by atomic mass is 14.8. The highest BCUT2D eigenvalue weighted by molar-refractivity contribution is 6.02. The van der Waals surface area contributed by atoms with Crippen molar-refractivity contribution < 1.29 is 0 Å². The standard InChI is InChI=1S/C24H28N4/c1-16(2)13-21(25)23-11-9-19-14-18(8-10-22(19)28-23)20-15-24(26)27-12-6-4-5-7-17(20)3/h4-11,14-16,21H,3,12-13,25H2,1-2H3,(H2,26,27)/b6-4-,7-5-,20-15?. The van der Waals surface area contributed by atoms with Crippen molar-refractivity contribution in [1.82, 2.24) is 4.98 Å². The summed E-state index contributed by atoms with van der Waals surface area (Å²) >= 11 is 0. The first kappa shape index (κ1) is 19.8. The summed E-state index contributed by atoms with van der Waals surface area (Å²) in [4.78, 5) is 9.11. The summed E-state index contributed by atoms with van der Waals surface area (Å²) in [5.41, 5.74) is 17.1. The van der Waals surface area contributed by atoms with Gasteiger partial charge in [0.25, 0.3) is 0 Å². The predicted octanol–water partition coefficient (Wildman–Crippen LogP) is 4.70. The fourth-order valence-corrected chi connectivity index (χ4v) is 3.26. The summed E-state index contributed by atoms with van der Waals surface area (Å²) in [5.74, 6) is 1.03. The number of aromatic nitrogens is 1. The quantitative estimate of drug-likeness (QED) is 0.816. The second kappa shape index (κ2) is 8.81. The number of hydrogen-bond donors (Lipinski definition) is 2. The van der Waals surface area contributed by atoms with E-state index in [2.05, 4.69) is 37.6 Å². The van der Waals surface area contributed by atoms with E-state index in [9.17, 15) is 0 Å². The lowest BCUT2D eigenvalue weighted by atomic mass is 9.95. The molecule has 0 saturated heterocycles. The lowest BCUT2D eigenvalue weighted by Gasteiger charge is -2.15. The third kappa shape index (κ3) is 4.84. The Kier molecular flexibility index (Phi) is 6.22. The van der Waals surface area contributed by atoms with Gasteiger partial charge in [-0.25, -0.2) is 0 Å². The van der Waals surface area contributed by atoms with Gasteiger partial charge < -0.3 is 11.5 Å². The van der Waals surface area contributed by atoms with E-state index in [4.69, 9.17) is 16.5 Å². The second-order valence-corrected chi connectivity index (χ2v) is 7.52. The van der Waals surface area contributed by atoms with Gasteiger partial charge in [-0.1, -0.05) is 56.9 Å². The number of rotatable bonds is 4. The van der Waals surface area contributed by atoms with Crippen molar-refractivity contribution in [3.8, 4) is 0 Å². The van der Waals surface area contributed by atoms with Gasteiger partial charge in [0.05, 0.1) is 17.8 Å². The number of fused-ring (bicyclic) bond motifs is 1. The highest BCUT2D eigenvalue weighted by Gasteiger charge is 2.12. The molecule has 1 aromatic heterocycles. The van der Waals surface area contributed by atoms with Gasteiger partial charge in [-0.2, -0.15) is 0 Å². The summed E-state index contributed by atoms with van der Waals surface area (Å²) < 4.78 is 0. The van der Waals surface area contributed by atoms with Crippen LogP contribution in [-0.4, -0.2) is 17.4 Å². The monoisotopic (exact) mass is 372 g/mol. The molecular weight excluding hydrogens is 344 g/mol. The summed E-state index contributed by atoms with van der Waals surface area (Å²) in [5, 5.41) is 1.06. The van der Waals surface area contributed by atoms with Gasteiger partial charge in [0, 0.05) is 11.4 Å². The van der Waals surface area contributed by atoms with Crippen LogP contribution in [0.5, 0.6) is 0 Å². The fraction of sp³-hybridized carbons (Fsp3) is 0.250. The van der Waals surface area contributed by atoms with Crippen LogP contribution in [0, 0.1) is 5.92 Å². The summed E-state index contributed by atoms with van der Waals surface area (Å²) in [6.07, 6.45) is 10.7. The molecule has 1 unspecified atom stereocenters. The minimum atomic E-state index is -0.0425. The van der Waals surface area contributed by atoms with Crippen LogP contribution in [0.4, 0.5) is 0 Å². The van der Waals surface area contributed by atoms with Gasteiger partial charge in [-0.05, 0) is 53.3 Å². The van der Waals surface area contributed by atoms with Crippen molar-refractivity contribution in [1.29, 1.82) is 0 Å². The molecule has 4 nitrogen and oxygen atoms in total. The van der Waals surface area contributed by atoms with Crippen LogP contribution in [-0.2, 0) is 0 Å². The summed E-state index contributed by atoms with van der Waals surface area (Å²) in [7, 11) is 0. The highest BCUT2D eigenvalue weighted by Crippen LogP contribution is 2.27. The first-order valence-corrected chi connectivity index (χ1v) is 9.65. The number of benzene rings is 1. The van der Waals surface area contributed by atoms with Crippen LogP contribution < -0.4 is 11.5 Å². The van der Waals surface area contributed by atoms with Gasteiger partial charge in [0.15, 0.2) is 0 Å². The Morgan fingerprint density at radius 2 is 1.96 bits per heavy atom. The molecule has 0 amide bonds. The first-order chi connectivity index (χ1) is 13.4. The number of pyridine rings is 1. The average Bonchev–Trinajstić information content (AvgIpc) is 2.67. The minimum absolute atomic E-state index is 0.0425. The molecule has 1 aromatic carbocycles. The van der Waals surface area contributed by atoms with Gasteiger partial charge in [-0.15, -0.1) is 0 Å². The Labute approximate surface area is 167 Å². The third-order valence-electron chi connectivity index (χ3n) is 4.69. The van der Waals surface area contributed by atoms with E-state index in [1.807, 2.05) is 48.6 Å². The van der Waals surface area contributed by atoms with Crippen LogP contribution in [0.1, 0.15) is 37.6 Å². The van der Waals surface area contributed by atoms with E-state index in [1.54, 1.807) is 0 Å². The molecule has 4 heteroatoms. The van der Waals surface area contributed by atoms with E-state index < -0.39 is 0 Å². The lowest BCUT2D eigenvalue weighted by Crippen LogP contribution is -2.14. The number of nitrogens with zero attached hydrogens (tertiary/aromatic N) is 2. The maximum absolute atomic E-state index is 6.30. The zero-order valence-electron chi connectivity index (χ0n) is 16.6. The zero-order chi connectivity index (χ0) is 20.1. The largest absolute Gasteiger partial charge is 0.384 e. The molecule has 0 radical (unpaired) electrons. The van der Waals surface area contributed by atoms with Crippen LogP contribution in [0.3, 0.4) is 0 Å². The Balaban J connectivity index is 1.98. The van der Waals surface area contributed by atoms with Gasteiger partial charge in [-0.3, -0.25) is 9.98 Å². The van der Waals surface area contributed by atoms with Gasteiger partial charge in [0.1, 0.15) is 5.84 Å². The molecule has 4 N–H and O–H groups in total. The molecule has 2 aromatic rings. The Hall–Kier alpha value is -2.98. The Morgan fingerprint density at radius 1 is 1.14 bits per heavy atom. The first-order valence-electron chi connectivity index (χ1n) is 9.65. The van der Waals surface area contributed by atoms with E-state index in [-0.39, 0.29) is 6.04 Å². The fourth-order valence-electron chi connectivity index (χ4n) is 3.26. The normalized spacial score (nSPS) is 18.5. The molecule has 1 aliphatic heterocycles. The maximum atomic E-state index is 6.30. The molecular formula is C24H28N4. The molecule has 0 bridgehead atoms. The number of allylic oxidation sites excluding steroid dienone is 5. The molecule has 0 aliphatic carbocycles. The summed E-state index contributed by atoms with van der Waals surface area (Å²) in [6.45, 7) is 9.10. The molecule has 2 heterocycles. The van der Waals surface area contributed by atoms with Gasteiger partial charge >= 0.3 is 0 Å². The number of nitrogens with two attached hydrogens (primary N) is 2. The van der Waals surface area contributed by atoms with Crippen molar-refractivity contribution in [2.45, 2.75) is 26.3 Å². The van der Waals surface area contributed by atoms with Crippen LogP contribution in [0.15, 0.2) is 77.9 Å². The smallest absolute Gasteiger partial charge is 0.119 e. The van der Waals surface area contributed by atoms with E-state index in [0.29, 0.717) is 18.3 Å². The van der Waals surface area contributed by atoms with Crippen molar-refractivity contribution in [2.24, 2.45) is 22.4 Å². The molecule has 144 valence electrons. The topological polar surface area (TPSA) is 77.3 Å². The van der Waals surface area contributed by atoms with Gasteiger partial charge in [0.2, 0.25) is 0 Å². The van der Waals surface area contributed by atoms with E-state index in [1.165, 1.54) is 0 Å². The zero-order valence-corrected chi connectivity index (χ0v) is 16.6. The maximum Gasteiger partial charge on any atom is 0.119 e. The SMILES string of the molecule is C=C1/C=C\C=C/CN=C(N)C=C1c1ccc2nc(C(N)CC(C)C)ccc2c1. The Morgan fingerprint density at radius 3 is 2.75 bits per heavy atom. The molecule has 1 aliphatic rings. The molecule has 1 atom stereocenters. The van der Waals surface area contributed by atoms with E-state index >= 15 is 0 Å². The Bertz CT molecular complexity index is 993. The number of hydrogen-bond acceptors (Lipinski definition) is 4. The number of amidine groups is 1. The minimum Gasteiger partial charge on any atom is -0.384 e.